The fraction of sp³-hybridized carbons (Fsp3) is 0.588. The molecule has 1 aliphatic carbocycles. The molecule has 1 N–H and O–H groups in total. The van der Waals surface area contributed by atoms with E-state index in [1.165, 1.54) is 0 Å². The SMILES string of the molecule is Cc1ccc(S(=O)(=O)N2CCN(CCNC(=O)C3CC3)CC2)cc1.Cl. The minimum Gasteiger partial charge on any atom is -0.355 e. The van der Waals surface area contributed by atoms with Gasteiger partial charge in [-0.05, 0) is 31.9 Å². The Morgan fingerprint density at radius 2 is 1.72 bits per heavy atom. The minimum atomic E-state index is -3.40. The van der Waals surface area contributed by atoms with Crippen molar-refractivity contribution in [2.45, 2.75) is 24.7 Å². The predicted molar refractivity (Wildman–Crippen MR) is 99.4 cm³/mol. The van der Waals surface area contributed by atoms with E-state index in [-0.39, 0.29) is 24.2 Å². The Labute approximate surface area is 156 Å². The van der Waals surface area contributed by atoms with E-state index in [2.05, 4.69) is 10.2 Å². The van der Waals surface area contributed by atoms with Crippen LogP contribution < -0.4 is 5.32 Å². The van der Waals surface area contributed by atoms with E-state index in [4.69, 9.17) is 0 Å². The molecule has 3 rings (SSSR count). The van der Waals surface area contributed by atoms with Crippen LogP contribution in [0.3, 0.4) is 0 Å². The first-order valence-corrected chi connectivity index (χ1v) is 9.98. The number of carbonyl (C=O) groups excluding carboxylic acids is 1. The van der Waals surface area contributed by atoms with Gasteiger partial charge in [0, 0.05) is 45.2 Å². The number of carbonyl (C=O) groups is 1. The van der Waals surface area contributed by atoms with Gasteiger partial charge in [-0.3, -0.25) is 9.69 Å². The predicted octanol–water partition coefficient (Wildman–Crippen LogP) is 1.25. The fourth-order valence-electron chi connectivity index (χ4n) is 2.88. The van der Waals surface area contributed by atoms with Gasteiger partial charge in [-0.15, -0.1) is 12.4 Å². The number of nitrogens with zero attached hydrogens (tertiary/aromatic N) is 2. The highest BCUT2D eigenvalue weighted by atomic mass is 35.5. The smallest absolute Gasteiger partial charge is 0.243 e. The van der Waals surface area contributed by atoms with E-state index in [9.17, 15) is 13.2 Å². The Morgan fingerprint density at radius 1 is 1.12 bits per heavy atom. The molecule has 0 radical (unpaired) electrons. The van der Waals surface area contributed by atoms with Gasteiger partial charge >= 0.3 is 0 Å². The molecule has 140 valence electrons. The maximum Gasteiger partial charge on any atom is 0.243 e. The second-order valence-corrected chi connectivity index (χ2v) is 8.56. The van der Waals surface area contributed by atoms with Gasteiger partial charge in [0.1, 0.15) is 0 Å². The van der Waals surface area contributed by atoms with Gasteiger partial charge in [0.05, 0.1) is 4.90 Å². The van der Waals surface area contributed by atoms with Crippen molar-refractivity contribution in [1.82, 2.24) is 14.5 Å². The largest absolute Gasteiger partial charge is 0.355 e. The van der Waals surface area contributed by atoms with Crippen molar-refractivity contribution in [3.05, 3.63) is 29.8 Å². The molecule has 6 nitrogen and oxygen atoms in total. The van der Waals surface area contributed by atoms with Crippen LogP contribution in [0.2, 0.25) is 0 Å². The molecule has 1 amide bonds. The van der Waals surface area contributed by atoms with Crippen molar-refractivity contribution in [1.29, 1.82) is 0 Å². The molecule has 1 heterocycles. The zero-order valence-electron chi connectivity index (χ0n) is 14.5. The van der Waals surface area contributed by atoms with E-state index >= 15 is 0 Å². The molecule has 0 bridgehead atoms. The Kier molecular flexibility index (Phi) is 6.85. The lowest BCUT2D eigenvalue weighted by Crippen LogP contribution is -2.50. The summed E-state index contributed by atoms with van der Waals surface area (Å²) in [7, 11) is -3.40. The lowest BCUT2D eigenvalue weighted by molar-refractivity contribution is -0.122. The van der Waals surface area contributed by atoms with Crippen molar-refractivity contribution < 1.29 is 13.2 Å². The van der Waals surface area contributed by atoms with Gasteiger partial charge < -0.3 is 5.32 Å². The van der Waals surface area contributed by atoms with E-state index < -0.39 is 10.0 Å². The van der Waals surface area contributed by atoms with Crippen LogP contribution in [0.15, 0.2) is 29.2 Å². The first kappa shape index (κ1) is 20.2. The summed E-state index contributed by atoms with van der Waals surface area (Å²) in [5, 5.41) is 2.95. The number of benzene rings is 1. The first-order valence-electron chi connectivity index (χ1n) is 8.54. The van der Waals surface area contributed by atoms with Crippen molar-refractivity contribution in [3.63, 3.8) is 0 Å². The summed E-state index contributed by atoms with van der Waals surface area (Å²) in [5.74, 6) is 0.400. The fourth-order valence-corrected chi connectivity index (χ4v) is 4.30. The van der Waals surface area contributed by atoms with Gasteiger partial charge in [0.25, 0.3) is 0 Å². The van der Waals surface area contributed by atoms with Crippen molar-refractivity contribution in [2.75, 3.05) is 39.3 Å². The molecule has 1 saturated heterocycles. The summed E-state index contributed by atoms with van der Waals surface area (Å²) in [5.41, 5.74) is 1.05. The first-order chi connectivity index (χ1) is 11.5. The van der Waals surface area contributed by atoms with Gasteiger partial charge in [-0.1, -0.05) is 17.7 Å². The van der Waals surface area contributed by atoms with Crippen LogP contribution >= 0.6 is 12.4 Å². The average Bonchev–Trinajstić information content (AvgIpc) is 3.41. The van der Waals surface area contributed by atoms with E-state index in [1.807, 2.05) is 19.1 Å². The maximum absolute atomic E-state index is 12.6. The minimum absolute atomic E-state index is 0. The van der Waals surface area contributed by atoms with Crippen LogP contribution in [-0.2, 0) is 14.8 Å². The summed E-state index contributed by atoms with van der Waals surface area (Å²) in [6.07, 6.45) is 2.03. The van der Waals surface area contributed by atoms with Crippen LogP contribution in [-0.4, -0.2) is 62.8 Å². The third-order valence-corrected chi connectivity index (χ3v) is 6.58. The molecule has 2 aliphatic rings. The number of piperazine rings is 1. The summed E-state index contributed by atoms with van der Waals surface area (Å²) in [6, 6.07) is 6.99. The van der Waals surface area contributed by atoms with Crippen molar-refractivity contribution >= 4 is 28.3 Å². The standard InChI is InChI=1S/C17H25N3O3S.ClH/c1-14-2-6-16(7-3-14)24(22,23)20-12-10-19(11-13-20)9-8-18-17(21)15-4-5-15;/h2-3,6-7,15H,4-5,8-13H2,1H3,(H,18,21);1H. The molecule has 1 aliphatic heterocycles. The zero-order valence-corrected chi connectivity index (χ0v) is 16.1. The zero-order chi connectivity index (χ0) is 17.2. The molecular weight excluding hydrogens is 362 g/mol. The Balaban J connectivity index is 0.00000225. The molecule has 25 heavy (non-hydrogen) atoms. The van der Waals surface area contributed by atoms with E-state index in [0.29, 0.717) is 37.6 Å². The van der Waals surface area contributed by atoms with E-state index in [1.54, 1.807) is 16.4 Å². The molecule has 1 saturated carbocycles. The number of aryl methyl sites for hydroxylation is 1. The molecule has 0 spiro atoms. The lowest BCUT2D eigenvalue weighted by atomic mass is 10.2. The van der Waals surface area contributed by atoms with Crippen LogP contribution in [0.25, 0.3) is 0 Å². The Morgan fingerprint density at radius 3 is 2.28 bits per heavy atom. The molecule has 1 aromatic carbocycles. The summed E-state index contributed by atoms with van der Waals surface area (Å²) in [4.78, 5) is 14.2. The van der Waals surface area contributed by atoms with Crippen LogP contribution in [0.4, 0.5) is 0 Å². The van der Waals surface area contributed by atoms with Gasteiger partial charge in [-0.2, -0.15) is 4.31 Å². The van der Waals surface area contributed by atoms with Gasteiger partial charge in [0.15, 0.2) is 0 Å². The molecule has 1 aromatic rings. The monoisotopic (exact) mass is 387 g/mol. The van der Waals surface area contributed by atoms with Crippen molar-refractivity contribution in [2.24, 2.45) is 5.92 Å². The normalized spacial score (nSPS) is 19.2. The number of halogens is 1. The second-order valence-electron chi connectivity index (χ2n) is 6.62. The van der Waals surface area contributed by atoms with E-state index in [0.717, 1.165) is 24.9 Å². The maximum atomic E-state index is 12.6. The highest BCUT2D eigenvalue weighted by molar-refractivity contribution is 7.89. The molecule has 0 aromatic heterocycles. The quantitative estimate of drug-likeness (QED) is 0.797. The average molecular weight is 388 g/mol. The molecule has 0 atom stereocenters. The van der Waals surface area contributed by atoms with Gasteiger partial charge in [0.2, 0.25) is 15.9 Å². The van der Waals surface area contributed by atoms with Crippen LogP contribution in [0.5, 0.6) is 0 Å². The molecule has 8 heteroatoms. The van der Waals surface area contributed by atoms with Gasteiger partial charge in [-0.25, -0.2) is 8.42 Å². The number of hydrogen-bond donors (Lipinski definition) is 1. The Bertz CT molecular complexity index is 682. The van der Waals surface area contributed by atoms with Crippen LogP contribution in [0.1, 0.15) is 18.4 Å². The number of amides is 1. The summed E-state index contributed by atoms with van der Waals surface area (Å²) >= 11 is 0. The number of hydrogen-bond acceptors (Lipinski definition) is 4. The third-order valence-electron chi connectivity index (χ3n) is 4.67. The molecule has 0 unspecified atom stereocenters. The lowest BCUT2D eigenvalue weighted by Gasteiger charge is -2.34. The summed E-state index contributed by atoms with van der Waals surface area (Å²) < 4.78 is 26.8. The van der Waals surface area contributed by atoms with Crippen LogP contribution in [0, 0.1) is 12.8 Å². The highest BCUT2D eigenvalue weighted by Gasteiger charge is 2.30. The third kappa shape index (κ3) is 5.17. The topological polar surface area (TPSA) is 69.7 Å². The molecule has 2 fully saturated rings. The number of rotatable bonds is 6. The summed E-state index contributed by atoms with van der Waals surface area (Å²) in [6.45, 7) is 5.74. The van der Waals surface area contributed by atoms with Crippen molar-refractivity contribution in [3.8, 4) is 0 Å². The highest BCUT2D eigenvalue weighted by Crippen LogP contribution is 2.28. The Hall–Kier alpha value is -1.15. The number of sulfonamides is 1. The number of nitrogens with one attached hydrogen (secondary N) is 1. The second kappa shape index (κ2) is 8.49. The molecular formula is C17H26ClN3O3S.